The number of hydrogen-bond donors (Lipinski definition) is 4. The molecule has 6 heteroatoms. The molecular weight excluding hydrogens is 204 g/mol. The molecule has 0 radical (unpaired) electrons. The van der Waals surface area contributed by atoms with Crippen LogP contribution in [0.1, 0.15) is 13.8 Å². The molecule has 0 aromatic carbocycles. The van der Waals surface area contributed by atoms with Crippen LogP contribution in [0.25, 0.3) is 0 Å². The molecule has 0 aliphatic carbocycles. The van der Waals surface area contributed by atoms with Crippen LogP contribution in [0, 0.1) is 0 Å². The van der Waals surface area contributed by atoms with E-state index in [4.69, 9.17) is 29.9 Å². The second-order valence-electron chi connectivity index (χ2n) is 3.65. The number of rotatable bonds is 8. The molecule has 0 rings (SSSR count). The van der Waals surface area contributed by atoms with Crippen LogP contribution in [-0.4, -0.2) is 64.8 Å². The van der Waals surface area contributed by atoms with Crippen LogP contribution in [0.3, 0.4) is 0 Å². The standard InChI is InChI=1S/C9H20O6/c1-9(2,14-6-7(13)3-10)15-8(4-11)5-12/h7-8,10-13H,3-6H2,1-2H3. The average molecular weight is 224 g/mol. The number of hydrogen-bond acceptors (Lipinski definition) is 6. The van der Waals surface area contributed by atoms with Gasteiger partial charge in [0.15, 0.2) is 5.79 Å². The zero-order valence-corrected chi connectivity index (χ0v) is 9.09. The molecule has 0 aliphatic rings. The third-order valence-corrected chi connectivity index (χ3v) is 1.69. The molecule has 0 aromatic rings. The first-order valence-corrected chi connectivity index (χ1v) is 4.77. The van der Waals surface area contributed by atoms with Gasteiger partial charge in [0, 0.05) is 0 Å². The molecular formula is C9H20O6. The Morgan fingerprint density at radius 2 is 1.60 bits per heavy atom. The Bertz CT molecular complexity index is 157. The molecule has 4 N–H and O–H groups in total. The molecule has 1 unspecified atom stereocenters. The first-order valence-electron chi connectivity index (χ1n) is 4.77. The number of aliphatic hydroxyl groups excluding tert-OH is 4. The maximum Gasteiger partial charge on any atom is 0.163 e. The van der Waals surface area contributed by atoms with Gasteiger partial charge in [-0.15, -0.1) is 0 Å². The molecule has 0 fully saturated rings. The van der Waals surface area contributed by atoms with Gasteiger partial charge in [-0.05, 0) is 13.8 Å². The normalized spacial score (nSPS) is 14.6. The molecule has 0 heterocycles. The van der Waals surface area contributed by atoms with Gasteiger partial charge in [0.1, 0.15) is 12.2 Å². The monoisotopic (exact) mass is 224 g/mol. The van der Waals surface area contributed by atoms with Crippen LogP contribution in [0.5, 0.6) is 0 Å². The van der Waals surface area contributed by atoms with Crippen molar-refractivity contribution in [1.29, 1.82) is 0 Å². The topological polar surface area (TPSA) is 99.4 Å². The second-order valence-corrected chi connectivity index (χ2v) is 3.65. The van der Waals surface area contributed by atoms with Crippen molar-refractivity contribution in [3.63, 3.8) is 0 Å². The molecule has 6 nitrogen and oxygen atoms in total. The van der Waals surface area contributed by atoms with Crippen molar-refractivity contribution in [3.05, 3.63) is 0 Å². The minimum Gasteiger partial charge on any atom is -0.394 e. The van der Waals surface area contributed by atoms with Gasteiger partial charge in [-0.3, -0.25) is 0 Å². The molecule has 15 heavy (non-hydrogen) atoms. The van der Waals surface area contributed by atoms with Gasteiger partial charge in [0.05, 0.1) is 26.4 Å². The van der Waals surface area contributed by atoms with Crippen LogP contribution in [-0.2, 0) is 9.47 Å². The van der Waals surface area contributed by atoms with Gasteiger partial charge >= 0.3 is 0 Å². The van der Waals surface area contributed by atoms with Gasteiger partial charge in [0.2, 0.25) is 0 Å². The summed E-state index contributed by atoms with van der Waals surface area (Å²) in [6.07, 6.45) is -1.68. The Kier molecular flexibility index (Phi) is 6.99. The third-order valence-electron chi connectivity index (χ3n) is 1.69. The Morgan fingerprint density at radius 1 is 1.07 bits per heavy atom. The van der Waals surface area contributed by atoms with Crippen LogP contribution >= 0.6 is 0 Å². The van der Waals surface area contributed by atoms with E-state index in [-0.39, 0.29) is 26.4 Å². The molecule has 0 saturated heterocycles. The fourth-order valence-electron chi connectivity index (χ4n) is 0.917. The van der Waals surface area contributed by atoms with Crippen molar-refractivity contribution in [2.75, 3.05) is 26.4 Å². The fraction of sp³-hybridized carbons (Fsp3) is 1.00. The molecule has 0 aliphatic heterocycles. The van der Waals surface area contributed by atoms with E-state index in [1.807, 2.05) is 0 Å². The van der Waals surface area contributed by atoms with Crippen molar-refractivity contribution in [2.24, 2.45) is 0 Å². The lowest BCUT2D eigenvalue weighted by Crippen LogP contribution is -2.39. The van der Waals surface area contributed by atoms with E-state index in [0.717, 1.165) is 0 Å². The Balaban J connectivity index is 3.94. The summed E-state index contributed by atoms with van der Waals surface area (Å²) >= 11 is 0. The van der Waals surface area contributed by atoms with E-state index in [0.29, 0.717) is 0 Å². The lowest BCUT2D eigenvalue weighted by molar-refractivity contribution is -0.256. The maximum atomic E-state index is 9.04. The highest BCUT2D eigenvalue weighted by molar-refractivity contribution is 4.62. The van der Waals surface area contributed by atoms with Crippen LogP contribution in [0.15, 0.2) is 0 Å². The molecule has 0 bridgehead atoms. The SMILES string of the molecule is CC(C)(OCC(O)CO)OC(CO)CO. The predicted molar refractivity (Wildman–Crippen MR) is 52.2 cm³/mol. The van der Waals surface area contributed by atoms with Crippen molar-refractivity contribution in [1.82, 2.24) is 0 Å². The zero-order chi connectivity index (χ0) is 11.9. The molecule has 0 saturated carbocycles. The number of aliphatic hydroxyl groups is 4. The Morgan fingerprint density at radius 3 is 2.00 bits per heavy atom. The van der Waals surface area contributed by atoms with Gasteiger partial charge < -0.3 is 29.9 Å². The fourth-order valence-corrected chi connectivity index (χ4v) is 0.917. The summed E-state index contributed by atoms with van der Waals surface area (Å²) in [5, 5.41) is 35.2. The van der Waals surface area contributed by atoms with E-state index in [1.54, 1.807) is 13.8 Å². The van der Waals surface area contributed by atoms with E-state index < -0.39 is 18.0 Å². The third kappa shape index (κ3) is 6.77. The van der Waals surface area contributed by atoms with Gasteiger partial charge in [0.25, 0.3) is 0 Å². The molecule has 0 spiro atoms. The van der Waals surface area contributed by atoms with E-state index in [2.05, 4.69) is 0 Å². The van der Waals surface area contributed by atoms with Crippen molar-refractivity contribution in [2.45, 2.75) is 31.8 Å². The van der Waals surface area contributed by atoms with Crippen molar-refractivity contribution < 1.29 is 29.9 Å². The van der Waals surface area contributed by atoms with Gasteiger partial charge in [-0.1, -0.05) is 0 Å². The minimum atomic E-state index is -1.04. The van der Waals surface area contributed by atoms with Crippen LogP contribution < -0.4 is 0 Å². The molecule has 0 aromatic heterocycles. The lowest BCUT2D eigenvalue weighted by atomic mass is 10.3. The van der Waals surface area contributed by atoms with E-state index >= 15 is 0 Å². The summed E-state index contributed by atoms with van der Waals surface area (Å²) in [6, 6.07) is 0. The first kappa shape index (κ1) is 14.8. The summed E-state index contributed by atoms with van der Waals surface area (Å²) in [7, 11) is 0. The van der Waals surface area contributed by atoms with Crippen LogP contribution in [0.4, 0.5) is 0 Å². The zero-order valence-electron chi connectivity index (χ0n) is 9.09. The summed E-state index contributed by atoms with van der Waals surface area (Å²) in [5.41, 5.74) is 0. The average Bonchev–Trinajstić information content (AvgIpc) is 2.22. The Hall–Kier alpha value is -0.240. The summed E-state index contributed by atoms with van der Waals surface area (Å²) < 4.78 is 10.4. The molecule has 0 amide bonds. The number of ether oxygens (including phenoxy) is 2. The molecule has 92 valence electrons. The van der Waals surface area contributed by atoms with E-state index in [1.165, 1.54) is 0 Å². The molecule has 1 atom stereocenters. The van der Waals surface area contributed by atoms with E-state index in [9.17, 15) is 0 Å². The van der Waals surface area contributed by atoms with Gasteiger partial charge in [-0.2, -0.15) is 0 Å². The maximum absolute atomic E-state index is 9.04. The largest absolute Gasteiger partial charge is 0.394 e. The Labute approximate surface area is 89.1 Å². The smallest absolute Gasteiger partial charge is 0.163 e. The highest BCUT2D eigenvalue weighted by atomic mass is 16.7. The summed E-state index contributed by atoms with van der Waals surface area (Å²) in [4.78, 5) is 0. The highest BCUT2D eigenvalue weighted by Gasteiger charge is 2.24. The minimum absolute atomic E-state index is 0.0763. The van der Waals surface area contributed by atoms with Gasteiger partial charge in [-0.25, -0.2) is 0 Å². The summed E-state index contributed by atoms with van der Waals surface area (Å²) in [5.74, 6) is -1.04. The quantitative estimate of drug-likeness (QED) is 0.373. The second kappa shape index (κ2) is 7.10. The van der Waals surface area contributed by atoms with Crippen molar-refractivity contribution in [3.8, 4) is 0 Å². The lowest BCUT2D eigenvalue weighted by Gasteiger charge is -2.30. The predicted octanol–water partition coefficient (Wildman–Crippen LogP) is -1.54. The van der Waals surface area contributed by atoms with Crippen LogP contribution in [0.2, 0.25) is 0 Å². The highest BCUT2D eigenvalue weighted by Crippen LogP contribution is 2.14. The van der Waals surface area contributed by atoms with Crippen molar-refractivity contribution >= 4 is 0 Å². The first-order chi connectivity index (χ1) is 6.95. The summed E-state index contributed by atoms with van der Waals surface area (Å²) in [6.45, 7) is 2.09.